The Bertz CT molecular complexity index is 248. The van der Waals surface area contributed by atoms with Gasteiger partial charge in [0.2, 0.25) is 5.91 Å². The van der Waals surface area contributed by atoms with Crippen LogP contribution in [-0.2, 0) is 4.79 Å². The third-order valence-corrected chi connectivity index (χ3v) is 4.39. The molecule has 0 heterocycles. The Labute approximate surface area is 118 Å². The topological polar surface area (TPSA) is 46.3 Å². The molecule has 0 aromatic heterocycles. The van der Waals surface area contributed by atoms with Crippen LogP contribution in [0.15, 0.2) is 0 Å². The van der Waals surface area contributed by atoms with Crippen molar-refractivity contribution >= 4 is 18.5 Å². The van der Waals surface area contributed by atoms with Gasteiger partial charge in [-0.1, -0.05) is 47.0 Å². The highest BCUT2D eigenvalue weighted by Crippen LogP contribution is 2.28. The number of thiol groups is 1. The summed E-state index contributed by atoms with van der Waals surface area (Å²) in [7, 11) is 0. The van der Waals surface area contributed by atoms with Crippen LogP contribution in [-0.4, -0.2) is 28.8 Å². The molecule has 0 radical (unpaired) electrons. The molecule has 0 aromatic carbocycles. The lowest BCUT2D eigenvalue weighted by Crippen LogP contribution is -2.49. The van der Waals surface area contributed by atoms with Crippen LogP contribution >= 0.6 is 12.6 Å². The van der Waals surface area contributed by atoms with Gasteiger partial charge in [-0.05, 0) is 18.8 Å². The first-order valence-corrected chi connectivity index (χ1v) is 7.61. The molecule has 0 bridgehead atoms. The van der Waals surface area contributed by atoms with Gasteiger partial charge in [0.25, 0.3) is 0 Å². The molecule has 0 saturated heterocycles. The third kappa shape index (κ3) is 5.19. The van der Waals surface area contributed by atoms with E-state index in [1.807, 2.05) is 6.92 Å². The lowest BCUT2D eigenvalue weighted by Gasteiger charge is -2.33. The maximum atomic E-state index is 12.6. The van der Waals surface area contributed by atoms with Crippen LogP contribution in [0.1, 0.15) is 59.8 Å². The van der Waals surface area contributed by atoms with Gasteiger partial charge < -0.3 is 10.6 Å². The van der Waals surface area contributed by atoms with Gasteiger partial charge in [0.05, 0.1) is 11.4 Å². The Morgan fingerprint density at radius 1 is 1.39 bits per heavy atom. The van der Waals surface area contributed by atoms with Crippen molar-refractivity contribution in [1.82, 2.24) is 4.90 Å². The maximum Gasteiger partial charge on any atom is 0.239 e. The van der Waals surface area contributed by atoms with Crippen molar-refractivity contribution in [3.8, 4) is 0 Å². The van der Waals surface area contributed by atoms with Crippen LogP contribution in [0.25, 0.3) is 0 Å². The second-order valence-corrected chi connectivity index (χ2v) is 6.07. The number of nitrogens with two attached hydrogens (primary N) is 1. The quantitative estimate of drug-likeness (QED) is 0.501. The van der Waals surface area contributed by atoms with E-state index in [2.05, 4.69) is 33.4 Å². The van der Waals surface area contributed by atoms with E-state index >= 15 is 0 Å². The molecule has 18 heavy (non-hydrogen) atoms. The summed E-state index contributed by atoms with van der Waals surface area (Å²) in [5, 5.41) is 0. The highest BCUT2D eigenvalue weighted by molar-refractivity contribution is 7.82. The maximum absolute atomic E-state index is 12.6. The van der Waals surface area contributed by atoms with Crippen LogP contribution < -0.4 is 5.73 Å². The highest BCUT2D eigenvalue weighted by atomic mass is 32.1. The van der Waals surface area contributed by atoms with Crippen molar-refractivity contribution in [2.45, 2.75) is 64.5 Å². The number of hydrogen-bond acceptors (Lipinski definition) is 3. The van der Waals surface area contributed by atoms with Crippen molar-refractivity contribution in [2.75, 3.05) is 13.2 Å². The number of carbonyl (C=O) groups is 1. The first-order chi connectivity index (χ1) is 8.45. The lowest BCUT2D eigenvalue weighted by molar-refractivity contribution is -0.134. The third-order valence-electron chi connectivity index (χ3n) is 3.66. The number of rotatable bonds is 9. The van der Waals surface area contributed by atoms with Crippen molar-refractivity contribution in [3.63, 3.8) is 0 Å². The average molecular weight is 274 g/mol. The molecule has 0 aromatic rings. The zero-order chi connectivity index (χ0) is 14.2. The van der Waals surface area contributed by atoms with E-state index in [1.165, 1.54) is 0 Å². The molecule has 2 atom stereocenters. The van der Waals surface area contributed by atoms with E-state index in [1.54, 1.807) is 4.90 Å². The van der Waals surface area contributed by atoms with Crippen molar-refractivity contribution < 1.29 is 4.79 Å². The minimum absolute atomic E-state index is 0.101. The second kappa shape index (κ2) is 8.81. The normalized spacial score (nSPS) is 16.1. The van der Waals surface area contributed by atoms with Crippen LogP contribution in [0, 0.1) is 5.92 Å². The molecule has 0 aliphatic carbocycles. The van der Waals surface area contributed by atoms with E-state index in [0.717, 1.165) is 38.6 Å². The van der Waals surface area contributed by atoms with Crippen LogP contribution in [0.2, 0.25) is 0 Å². The Hall–Kier alpha value is -0.220. The van der Waals surface area contributed by atoms with Gasteiger partial charge in [-0.25, -0.2) is 0 Å². The smallest absolute Gasteiger partial charge is 0.239 e. The second-order valence-electron chi connectivity index (χ2n) is 5.21. The highest BCUT2D eigenvalue weighted by Gasteiger charge is 2.35. The molecule has 108 valence electrons. The zero-order valence-electron chi connectivity index (χ0n) is 12.4. The first kappa shape index (κ1) is 17.8. The number of hydrogen-bond donors (Lipinski definition) is 2. The lowest BCUT2D eigenvalue weighted by atomic mass is 9.96. The summed E-state index contributed by atoms with van der Waals surface area (Å²) in [6.07, 6.45) is 4.77. The van der Waals surface area contributed by atoms with Gasteiger partial charge in [-0.15, -0.1) is 0 Å². The molecule has 3 nitrogen and oxygen atoms in total. The minimum Gasteiger partial charge on any atom is -0.329 e. The largest absolute Gasteiger partial charge is 0.329 e. The minimum atomic E-state index is -0.539. The summed E-state index contributed by atoms with van der Waals surface area (Å²) >= 11 is 4.65. The molecule has 0 fully saturated rings. The van der Waals surface area contributed by atoms with Gasteiger partial charge >= 0.3 is 0 Å². The van der Waals surface area contributed by atoms with Gasteiger partial charge in [0.1, 0.15) is 0 Å². The van der Waals surface area contributed by atoms with E-state index in [4.69, 9.17) is 5.73 Å². The van der Waals surface area contributed by atoms with E-state index < -0.39 is 4.75 Å². The summed E-state index contributed by atoms with van der Waals surface area (Å²) in [6, 6.07) is 0. The molecule has 2 N–H and O–H groups in total. The Morgan fingerprint density at radius 2 is 2.00 bits per heavy atom. The van der Waals surface area contributed by atoms with E-state index in [-0.39, 0.29) is 12.6 Å². The monoisotopic (exact) mass is 274 g/mol. The number of carbonyl (C=O) groups excluding carboxylic acids is 1. The van der Waals surface area contributed by atoms with Crippen LogP contribution in [0.5, 0.6) is 0 Å². The van der Waals surface area contributed by atoms with E-state index in [0.29, 0.717) is 5.92 Å². The molecule has 2 unspecified atom stereocenters. The van der Waals surface area contributed by atoms with E-state index in [9.17, 15) is 4.79 Å². The van der Waals surface area contributed by atoms with Crippen molar-refractivity contribution in [1.29, 1.82) is 0 Å². The average Bonchev–Trinajstić information content (AvgIpc) is 2.40. The van der Waals surface area contributed by atoms with Gasteiger partial charge in [-0.2, -0.15) is 12.6 Å². The standard InChI is InChI=1S/C14H30N2OS/c1-5-8-9-14(18,7-3)13(17)16(11-15)10-12(4)6-2/h12,18H,5-11,15H2,1-4H3. The predicted octanol–water partition coefficient (Wildman–Crippen LogP) is 3.05. The fourth-order valence-corrected chi connectivity index (χ4v) is 2.24. The molecule has 0 saturated carbocycles. The number of unbranched alkanes of at least 4 members (excludes halogenated alkanes) is 1. The Balaban J connectivity index is 4.71. The molecule has 0 aliphatic heterocycles. The number of amides is 1. The molecule has 1 amide bonds. The van der Waals surface area contributed by atoms with Gasteiger partial charge in [0.15, 0.2) is 0 Å². The molecule has 0 spiro atoms. The summed E-state index contributed by atoms with van der Waals surface area (Å²) in [5.41, 5.74) is 5.73. The first-order valence-electron chi connectivity index (χ1n) is 7.16. The van der Waals surface area contributed by atoms with Gasteiger partial charge in [0, 0.05) is 6.54 Å². The van der Waals surface area contributed by atoms with Gasteiger partial charge in [-0.3, -0.25) is 4.79 Å². The zero-order valence-corrected chi connectivity index (χ0v) is 13.3. The molecular formula is C14H30N2OS. The summed E-state index contributed by atoms with van der Waals surface area (Å²) in [6.45, 7) is 9.47. The molecule has 4 heteroatoms. The number of nitrogens with zero attached hydrogens (tertiary/aromatic N) is 1. The van der Waals surface area contributed by atoms with Crippen molar-refractivity contribution in [3.05, 3.63) is 0 Å². The summed E-state index contributed by atoms with van der Waals surface area (Å²) in [4.78, 5) is 14.3. The van der Waals surface area contributed by atoms with Crippen LogP contribution in [0.3, 0.4) is 0 Å². The Morgan fingerprint density at radius 3 is 2.39 bits per heavy atom. The summed E-state index contributed by atoms with van der Waals surface area (Å²) in [5.74, 6) is 0.586. The fourth-order valence-electron chi connectivity index (χ4n) is 1.94. The SMILES string of the molecule is CCCCC(S)(CC)C(=O)N(CN)CC(C)CC. The summed E-state index contributed by atoms with van der Waals surface area (Å²) < 4.78 is -0.539. The Kier molecular flexibility index (Phi) is 8.70. The van der Waals surface area contributed by atoms with Crippen LogP contribution in [0.4, 0.5) is 0 Å². The molecule has 0 rings (SSSR count). The fraction of sp³-hybridized carbons (Fsp3) is 0.929. The predicted molar refractivity (Wildman–Crippen MR) is 81.8 cm³/mol. The molecule has 0 aliphatic rings. The molecular weight excluding hydrogens is 244 g/mol. The van der Waals surface area contributed by atoms with Crippen molar-refractivity contribution in [2.24, 2.45) is 11.7 Å².